The normalized spacial score (nSPS) is 15.6. The summed E-state index contributed by atoms with van der Waals surface area (Å²) in [5, 5.41) is 4.03. The van der Waals surface area contributed by atoms with E-state index in [4.69, 9.17) is 10.5 Å². The molecule has 1 aromatic heterocycles. The van der Waals surface area contributed by atoms with Crippen LogP contribution in [0.3, 0.4) is 0 Å². The van der Waals surface area contributed by atoms with Crippen LogP contribution in [0.5, 0.6) is 5.75 Å². The first-order valence-corrected chi connectivity index (χ1v) is 12.8. The molecule has 1 atom stereocenters. The zero-order valence-corrected chi connectivity index (χ0v) is 20.9. The average molecular weight is 537 g/mol. The summed E-state index contributed by atoms with van der Waals surface area (Å²) < 4.78 is 44.6. The van der Waals surface area contributed by atoms with Crippen molar-refractivity contribution in [2.24, 2.45) is 5.73 Å². The molecule has 0 bridgehead atoms. The predicted octanol–water partition coefficient (Wildman–Crippen LogP) is 6.24. The van der Waals surface area contributed by atoms with Crippen molar-refractivity contribution in [1.82, 2.24) is 4.90 Å². The number of nitrogens with two attached hydrogens (primary N) is 1. The van der Waals surface area contributed by atoms with Crippen LogP contribution in [0.1, 0.15) is 38.7 Å². The summed E-state index contributed by atoms with van der Waals surface area (Å²) in [5.74, 6) is -0.774. The molecule has 2 N–H and O–H groups in total. The number of rotatable bonds is 6. The summed E-state index contributed by atoms with van der Waals surface area (Å²) in [6.45, 7) is 1.22. The van der Waals surface area contributed by atoms with Gasteiger partial charge in [0, 0.05) is 13.1 Å². The van der Waals surface area contributed by atoms with E-state index in [2.05, 4.69) is 0 Å². The molecular formula is C29H23F3N2O3S. The molecule has 0 aliphatic carbocycles. The van der Waals surface area contributed by atoms with Gasteiger partial charge in [-0.05, 0) is 81.4 Å². The summed E-state index contributed by atoms with van der Waals surface area (Å²) >= 11 is 1.59. The van der Waals surface area contributed by atoms with Gasteiger partial charge in [-0.2, -0.15) is 24.5 Å². The lowest BCUT2D eigenvalue weighted by Gasteiger charge is -2.35. The number of hydrogen-bond acceptors (Lipinski definition) is 5. The van der Waals surface area contributed by atoms with Gasteiger partial charge in [0.05, 0.1) is 11.1 Å². The van der Waals surface area contributed by atoms with Crippen LogP contribution in [0.4, 0.5) is 13.2 Å². The SMILES string of the molecule is NC(=O)C1c2ccc(OC(=O)c3ccccc3-c3ccc(C(F)(F)F)cc3)cc2CCN1Cc1ccsc1. The van der Waals surface area contributed by atoms with Crippen molar-refractivity contribution in [2.75, 3.05) is 6.54 Å². The van der Waals surface area contributed by atoms with E-state index in [9.17, 15) is 22.8 Å². The molecule has 1 aliphatic heterocycles. The van der Waals surface area contributed by atoms with Gasteiger partial charge in [-0.3, -0.25) is 9.69 Å². The van der Waals surface area contributed by atoms with E-state index >= 15 is 0 Å². The second-order valence-electron chi connectivity index (χ2n) is 9.03. The molecule has 2 heterocycles. The topological polar surface area (TPSA) is 72.6 Å². The molecule has 194 valence electrons. The third-order valence-electron chi connectivity index (χ3n) is 6.56. The average Bonchev–Trinajstić information content (AvgIpc) is 3.41. The molecule has 0 spiro atoms. The van der Waals surface area contributed by atoms with E-state index in [1.54, 1.807) is 53.8 Å². The van der Waals surface area contributed by atoms with E-state index in [0.29, 0.717) is 36.4 Å². The van der Waals surface area contributed by atoms with E-state index in [1.807, 2.05) is 21.7 Å². The summed E-state index contributed by atoms with van der Waals surface area (Å²) in [5.41, 5.74) is 8.92. The van der Waals surface area contributed by atoms with Gasteiger partial charge in [0.25, 0.3) is 0 Å². The van der Waals surface area contributed by atoms with Crippen molar-refractivity contribution in [3.63, 3.8) is 0 Å². The van der Waals surface area contributed by atoms with Gasteiger partial charge in [-0.15, -0.1) is 0 Å². The highest BCUT2D eigenvalue weighted by Gasteiger charge is 2.32. The molecule has 4 aromatic rings. The van der Waals surface area contributed by atoms with Crippen LogP contribution in [0, 0.1) is 0 Å². The minimum atomic E-state index is -4.45. The summed E-state index contributed by atoms with van der Waals surface area (Å²) in [4.78, 5) is 27.5. The maximum absolute atomic E-state index is 13.1. The summed E-state index contributed by atoms with van der Waals surface area (Å²) in [7, 11) is 0. The van der Waals surface area contributed by atoms with Gasteiger partial charge >= 0.3 is 12.1 Å². The minimum absolute atomic E-state index is 0.224. The molecule has 1 unspecified atom stereocenters. The second-order valence-corrected chi connectivity index (χ2v) is 9.81. The first-order valence-electron chi connectivity index (χ1n) is 11.9. The number of benzene rings is 3. The van der Waals surface area contributed by atoms with Gasteiger partial charge in [-0.1, -0.05) is 36.4 Å². The Morgan fingerprint density at radius 1 is 1.03 bits per heavy atom. The number of halogens is 3. The Hall–Kier alpha value is -3.95. The highest BCUT2D eigenvalue weighted by molar-refractivity contribution is 7.07. The molecule has 38 heavy (non-hydrogen) atoms. The van der Waals surface area contributed by atoms with Crippen molar-refractivity contribution < 1.29 is 27.5 Å². The van der Waals surface area contributed by atoms with Gasteiger partial charge < -0.3 is 10.5 Å². The molecule has 9 heteroatoms. The summed E-state index contributed by atoms with van der Waals surface area (Å²) in [6, 6.07) is 17.8. The van der Waals surface area contributed by atoms with Crippen molar-refractivity contribution in [2.45, 2.75) is 25.2 Å². The van der Waals surface area contributed by atoms with E-state index in [1.165, 1.54) is 12.1 Å². The monoisotopic (exact) mass is 536 g/mol. The number of carbonyl (C=O) groups excluding carboxylic acids is 2. The van der Waals surface area contributed by atoms with Crippen LogP contribution >= 0.6 is 11.3 Å². The Morgan fingerprint density at radius 3 is 2.47 bits per heavy atom. The lowest BCUT2D eigenvalue weighted by atomic mass is 9.91. The van der Waals surface area contributed by atoms with Crippen molar-refractivity contribution >= 4 is 23.2 Å². The highest BCUT2D eigenvalue weighted by Crippen LogP contribution is 2.35. The zero-order chi connectivity index (χ0) is 26.9. The van der Waals surface area contributed by atoms with E-state index in [0.717, 1.165) is 28.8 Å². The number of amides is 1. The Bertz CT molecular complexity index is 1470. The molecule has 0 saturated heterocycles. The number of esters is 1. The fourth-order valence-electron chi connectivity index (χ4n) is 4.75. The van der Waals surface area contributed by atoms with Crippen LogP contribution in [-0.2, 0) is 23.9 Å². The van der Waals surface area contributed by atoms with Gasteiger partial charge in [0.1, 0.15) is 11.8 Å². The number of carbonyl (C=O) groups is 2. The third kappa shape index (κ3) is 5.34. The fourth-order valence-corrected chi connectivity index (χ4v) is 5.41. The molecule has 5 nitrogen and oxygen atoms in total. The minimum Gasteiger partial charge on any atom is -0.423 e. The van der Waals surface area contributed by atoms with E-state index < -0.39 is 29.7 Å². The number of thiophene rings is 1. The van der Waals surface area contributed by atoms with Crippen molar-refractivity contribution in [1.29, 1.82) is 0 Å². The van der Waals surface area contributed by atoms with Crippen LogP contribution in [0.2, 0.25) is 0 Å². The Labute approximate surface area is 221 Å². The van der Waals surface area contributed by atoms with Crippen LogP contribution in [0.25, 0.3) is 11.1 Å². The molecule has 0 radical (unpaired) electrons. The Balaban J connectivity index is 1.37. The first-order chi connectivity index (χ1) is 18.2. The quantitative estimate of drug-likeness (QED) is 0.234. The van der Waals surface area contributed by atoms with Crippen molar-refractivity contribution in [3.8, 4) is 16.9 Å². The molecule has 1 amide bonds. The maximum atomic E-state index is 13.1. The van der Waals surface area contributed by atoms with Crippen molar-refractivity contribution in [3.05, 3.63) is 111 Å². The predicted molar refractivity (Wildman–Crippen MR) is 139 cm³/mol. The number of alkyl halides is 3. The van der Waals surface area contributed by atoms with E-state index in [-0.39, 0.29) is 5.56 Å². The van der Waals surface area contributed by atoms with Crippen LogP contribution in [0.15, 0.2) is 83.6 Å². The molecule has 0 saturated carbocycles. The zero-order valence-electron chi connectivity index (χ0n) is 20.1. The van der Waals surface area contributed by atoms with Crippen LogP contribution in [-0.4, -0.2) is 23.3 Å². The molecule has 5 rings (SSSR count). The second kappa shape index (κ2) is 10.4. The standard InChI is InChI=1S/C29H23F3N2O3S/c30-29(31,32)21-7-5-19(6-8-21)23-3-1-2-4-25(23)28(36)37-22-9-10-24-20(15-22)11-13-34(26(24)27(33)35)16-18-12-14-38-17-18/h1-10,12,14-15,17,26H,11,13,16H2,(H2,33,35). The Kier molecular flexibility index (Phi) is 7.05. The first kappa shape index (κ1) is 25.7. The molecular weight excluding hydrogens is 513 g/mol. The van der Waals surface area contributed by atoms with Crippen LogP contribution < -0.4 is 10.5 Å². The largest absolute Gasteiger partial charge is 0.423 e. The number of primary amides is 1. The number of hydrogen-bond donors (Lipinski definition) is 1. The lowest BCUT2D eigenvalue weighted by molar-refractivity contribution is -0.137. The number of ether oxygens (including phenoxy) is 1. The molecule has 0 fully saturated rings. The molecule has 1 aliphatic rings. The lowest BCUT2D eigenvalue weighted by Crippen LogP contribution is -2.42. The summed E-state index contributed by atoms with van der Waals surface area (Å²) in [6.07, 6.45) is -3.80. The number of nitrogens with zero attached hydrogens (tertiary/aromatic N) is 1. The fraction of sp³-hybridized carbons (Fsp3) is 0.172. The Morgan fingerprint density at radius 2 is 1.79 bits per heavy atom. The smallest absolute Gasteiger partial charge is 0.416 e. The maximum Gasteiger partial charge on any atom is 0.416 e. The third-order valence-corrected chi connectivity index (χ3v) is 7.29. The van der Waals surface area contributed by atoms with Gasteiger partial charge in [-0.25, -0.2) is 4.79 Å². The number of fused-ring (bicyclic) bond motifs is 1. The highest BCUT2D eigenvalue weighted by atomic mass is 32.1. The molecule has 3 aromatic carbocycles. The van der Waals surface area contributed by atoms with Gasteiger partial charge in [0.15, 0.2) is 0 Å². The van der Waals surface area contributed by atoms with Gasteiger partial charge in [0.2, 0.25) is 5.91 Å².